The second-order valence-corrected chi connectivity index (χ2v) is 6.77. The Balaban J connectivity index is 0.000000279. The van der Waals surface area contributed by atoms with E-state index in [4.69, 9.17) is 15.9 Å². The number of imidazole rings is 1. The lowest BCUT2D eigenvalue weighted by molar-refractivity contribution is -0.147. The fourth-order valence-corrected chi connectivity index (χ4v) is 2.92. The Morgan fingerprint density at radius 1 is 1.21 bits per heavy atom. The van der Waals surface area contributed by atoms with Gasteiger partial charge in [0.2, 0.25) is 5.95 Å². The van der Waals surface area contributed by atoms with Crippen molar-refractivity contribution in [2.45, 2.75) is 37.8 Å². The normalized spacial score (nSPS) is 20.6. The molecule has 1 saturated carbocycles. The van der Waals surface area contributed by atoms with E-state index in [0.717, 1.165) is 36.2 Å². The second kappa shape index (κ2) is 8.21. The number of allylic oxidation sites excluding steroid dienone is 1. The molecule has 2 atom stereocenters. The van der Waals surface area contributed by atoms with E-state index >= 15 is 0 Å². The number of nitrogens with two attached hydrogens (primary N) is 1. The summed E-state index contributed by atoms with van der Waals surface area (Å²) < 4.78 is 2.01. The first-order chi connectivity index (χ1) is 13.4. The number of carbonyl (C=O) groups is 2. The highest BCUT2D eigenvalue weighted by molar-refractivity contribution is 5.88. The minimum Gasteiger partial charge on any atom is -0.481 e. The van der Waals surface area contributed by atoms with Crippen molar-refractivity contribution < 1.29 is 24.9 Å². The summed E-state index contributed by atoms with van der Waals surface area (Å²) in [6.07, 6.45) is 8.30. The molecule has 150 valence electrons. The number of hydrogen-bond acceptors (Lipinski definition) is 8. The molecule has 11 nitrogen and oxygen atoms in total. The Morgan fingerprint density at radius 3 is 2.46 bits per heavy atom. The van der Waals surface area contributed by atoms with Crippen LogP contribution in [0, 0.1) is 5.92 Å². The molecular weight excluding hydrogens is 368 g/mol. The molecule has 4 rings (SSSR count). The topological polar surface area (TPSA) is 176 Å². The van der Waals surface area contributed by atoms with Gasteiger partial charge in [0.1, 0.15) is 6.42 Å². The number of rotatable bonds is 6. The number of nitrogens with zero attached hydrogens (tertiary/aromatic N) is 4. The first-order valence-corrected chi connectivity index (χ1v) is 8.86. The smallest absolute Gasteiger partial charge is 0.314 e. The predicted octanol–water partition coefficient (Wildman–Crippen LogP) is 0.638. The average molecular weight is 390 g/mol. The fraction of sp³-hybridized carbons (Fsp3) is 0.471. The van der Waals surface area contributed by atoms with Crippen molar-refractivity contribution in [3.8, 4) is 0 Å². The minimum absolute atomic E-state index is 0.162. The van der Waals surface area contributed by atoms with Gasteiger partial charge in [0.25, 0.3) is 0 Å². The van der Waals surface area contributed by atoms with Gasteiger partial charge in [-0.2, -0.15) is 9.97 Å². The third kappa shape index (κ3) is 4.74. The van der Waals surface area contributed by atoms with Gasteiger partial charge in [-0.15, -0.1) is 0 Å². The molecular formula is C17H22N6O5. The van der Waals surface area contributed by atoms with E-state index in [-0.39, 0.29) is 24.5 Å². The van der Waals surface area contributed by atoms with Gasteiger partial charge >= 0.3 is 11.9 Å². The molecule has 0 saturated heterocycles. The fourth-order valence-electron chi connectivity index (χ4n) is 2.92. The van der Waals surface area contributed by atoms with Crippen LogP contribution >= 0.6 is 0 Å². The lowest BCUT2D eigenvalue weighted by Crippen LogP contribution is -2.10. The number of nitrogens with one attached hydrogen (secondary N) is 1. The van der Waals surface area contributed by atoms with Gasteiger partial charge in [0, 0.05) is 18.6 Å². The van der Waals surface area contributed by atoms with Crippen molar-refractivity contribution >= 4 is 34.9 Å². The Kier molecular flexibility index (Phi) is 5.73. The number of aliphatic hydroxyl groups is 1. The third-order valence-electron chi connectivity index (χ3n) is 4.40. The van der Waals surface area contributed by atoms with Gasteiger partial charge in [0.05, 0.1) is 12.4 Å². The number of anilines is 2. The Bertz CT molecular complexity index is 895. The van der Waals surface area contributed by atoms with Gasteiger partial charge in [-0.05, 0) is 19.3 Å². The summed E-state index contributed by atoms with van der Waals surface area (Å²) in [5.41, 5.74) is 7.35. The molecule has 0 aliphatic heterocycles. The van der Waals surface area contributed by atoms with E-state index < -0.39 is 18.4 Å². The van der Waals surface area contributed by atoms with Crippen molar-refractivity contribution in [3.63, 3.8) is 0 Å². The lowest BCUT2D eigenvalue weighted by atomic mass is 10.1. The van der Waals surface area contributed by atoms with Crippen LogP contribution in [0.4, 0.5) is 11.8 Å². The van der Waals surface area contributed by atoms with Gasteiger partial charge in [-0.3, -0.25) is 9.59 Å². The first-order valence-electron chi connectivity index (χ1n) is 8.86. The van der Waals surface area contributed by atoms with Crippen LogP contribution in [-0.4, -0.2) is 59.4 Å². The summed E-state index contributed by atoms with van der Waals surface area (Å²) in [5, 5.41) is 28.0. The zero-order chi connectivity index (χ0) is 20.3. The van der Waals surface area contributed by atoms with Crippen molar-refractivity contribution in [1.29, 1.82) is 0 Å². The number of nitrogen functional groups attached to an aromatic ring is 1. The molecule has 0 spiro atoms. The SMILES string of the molecule is Nc1nc(NC2CC2)c2ncn([C@H]3C=C[C@@H](CO)C3)c2n1.O=C(O)CC(=O)O. The summed E-state index contributed by atoms with van der Waals surface area (Å²) in [4.78, 5) is 31.9. The largest absolute Gasteiger partial charge is 0.481 e. The molecule has 0 radical (unpaired) electrons. The standard InChI is InChI=1S/C14H18N6O.C3H4O4/c15-14-18-12(17-9-2-3-9)11-13(19-14)20(7-16-11)10-4-1-8(5-10)6-21;4-2(5)1-3(6)7/h1,4,7-10,21H,2-3,5-6H2,(H3,15,17,18,19);1H2,(H,4,5)(H,6,7)/t8-,10+;/m1./s1. The number of carboxylic acid groups (broad SMARTS) is 2. The van der Waals surface area contributed by atoms with Crippen LogP contribution in [0.2, 0.25) is 0 Å². The van der Waals surface area contributed by atoms with Crippen LogP contribution in [-0.2, 0) is 9.59 Å². The lowest BCUT2D eigenvalue weighted by Gasteiger charge is -2.13. The van der Waals surface area contributed by atoms with Crippen LogP contribution in [0.3, 0.4) is 0 Å². The van der Waals surface area contributed by atoms with E-state index in [0.29, 0.717) is 6.04 Å². The first kappa shape index (κ1) is 19.5. The zero-order valence-corrected chi connectivity index (χ0v) is 15.0. The summed E-state index contributed by atoms with van der Waals surface area (Å²) in [7, 11) is 0. The molecule has 2 aliphatic rings. The molecule has 0 bridgehead atoms. The highest BCUT2D eigenvalue weighted by Crippen LogP contribution is 2.32. The van der Waals surface area contributed by atoms with Crippen molar-refractivity contribution in [2.24, 2.45) is 5.92 Å². The maximum atomic E-state index is 9.43. The highest BCUT2D eigenvalue weighted by Gasteiger charge is 2.26. The molecule has 2 heterocycles. The Morgan fingerprint density at radius 2 is 1.93 bits per heavy atom. The van der Waals surface area contributed by atoms with E-state index in [1.165, 1.54) is 0 Å². The third-order valence-corrected chi connectivity index (χ3v) is 4.40. The minimum atomic E-state index is -1.31. The zero-order valence-electron chi connectivity index (χ0n) is 15.0. The average Bonchev–Trinajstić information content (AvgIpc) is 3.14. The van der Waals surface area contributed by atoms with Crippen LogP contribution in [0.5, 0.6) is 0 Å². The maximum absolute atomic E-state index is 9.43. The summed E-state index contributed by atoms with van der Waals surface area (Å²) >= 11 is 0. The van der Waals surface area contributed by atoms with Gasteiger partial charge in [0.15, 0.2) is 17.0 Å². The summed E-state index contributed by atoms with van der Waals surface area (Å²) in [6, 6.07) is 0.646. The highest BCUT2D eigenvalue weighted by atomic mass is 16.4. The van der Waals surface area contributed by atoms with Gasteiger partial charge in [-0.1, -0.05) is 12.2 Å². The molecule has 0 amide bonds. The molecule has 0 aromatic carbocycles. The van der Waals surface area contributed by atoms with E-state index in [9.17, 15) is 14.7 Å². The molecule has 28 heavy (non-hydrogen) atoms. The van der Waals surface area contributed by atoms with E-state index in [1.807, 2.05) is 10.6 Å². The van der Waals surface area contributed by atoms with Gasteiger partial charge in [-0.25, -0.2) is 4.98 Å². The molecule has 1 fully saturated rings. The molecule has 2 aromatic heterocycles. The summed E-state index contributed by atoms with van der Waals surface area (Å²) in [5.74, 6) is -1.44. The van der Waals surface area contributed by atoms with E-state index in [2.05, 4.69) is 26.3 Å². The van der Waals surface area contributed by atoms with Crippen LogP contribution < -0.4 is 11.1 Å². The van der Waals surface area contributed by atoms with Crippen molar-refractivity contribution in [3.05, 3.63) is 18.5 Å². The van der Waals surface area contributed by atoms with Gasteiger partial charge < -0.3 is 30.9 Å². The Labute approximate surface area is 159 Å². The molecule has 2 aliphatic carbocycles. The van der Waals surface area contributed by atoms with E-state index in [1.54, 1.807) is 6.33 Å². The number of fused-ring (bicyclic) bond motifs is 1. The number of aliphatic hydroxyl groups excluding tert-OH is 1. The Hall–Kier alpha value is -3.21. The van der Waals surface area contributed by atoms with Crippen LogP contribution in [0.25, 0.3) is 11.2 Å². The molecule has 6 N–H and O–H groups in total. The van der Waals surface area contributed by atoms with Crippen molar-refractivity contribution in [1.82, 2.24) is 19.5 Å². The summed E-state index contributed by atoms with van der Waals surface area (Å²) in [6.45, 7) is 0.172. The quantitative estimate of drug-likeness (QED) is 0.347. The van der Waals surface area contributed by atoms with Crippen LogP contribution in [0.15, 0.2) is 18.5 Å². The van der Waals surface area contributed by atoms with Crippen LogP contribution in [0.1, 0.15) is 31.7 Å². The maximum Gasteiger partial charge on any atom is 0.314 e. The molecule has 0 unspecified atom stereocenters. The molecule has 11 heteroatoms. The predicted molar refractivity (Wildman–Crippen MR) is 99.6 cm³/mol. The second-order valence-electron chi connectivity index (χ2n) is 6.77. The number of aliphatic carboxylic acids is 2. The number of aromatic nitrogens is 4. The van der Waals surface area contributed by atoms with Crippen molar-refractivity contribution in [2.75, 3.05) is 17.7 Å². The molecule has 2 aromatic rings. The monoisotopic (exact) mass is 390 g/mol. The number of carboxylic acids is 2. The number of hydrogen-bond donors (Lipinski definition) is 5.